The van der Waals surface area contributed by atoms with Crippen molar-refractivity contribution in [1.29, 1.82) is 0 Å². The summed E-state index contributed by atoms with van der Waals surface area (Å²) in [5, 5.41) is 4.63. The third-order valence-corrected chi connectivity index (χ3v) is 5.55. The van der Waals surface area contributed by atoms with Crippen molar-refractivity contribution < 1.29 is 13.9 Å². The predicted molar refractivity (Wildman–Crippen MR) is 116 cm³/mol. The smallest absolute Gasteiger partial charge is 0.248 e. The number of nitrogens with one attached hydrogen (secondary N) is 1. The highest BCUT2D eigenvalue weighted by Gasteiger charge is 2.18. The Labute approximate surface area is 174 Å². The Morgan fingerprint density at radius 3 is 2.46 bits per heavy atom. The van der Waals surface area contributed by atoms with E-state index in [-0.39, 0.29) is 5.91 Å². The minimum absolute atomic E-state index is 0.268. The lowest BCUT2D eigenvalue weighted by Gasteiger charge is -2.13. The molecule has 0 saturated heterocycles. The van der Waals surface area contributed by atoms with E-state index in [9.17, 15) is 4.79 Å². The van der Waals surface area contributed by atoms with E-state index >= 15 is 0 Å². The number of methoxy groups -OCH3 is 1. The summed E-state index contributed by atoms with van der Waals surface area (Å²) in [6, 6.07) is 6.95. The second kappa shape index (κ2) is 7.90. The molecule has 1 aromatic heterocycles. The standard InChI is InChI=1S/C22H21Cl2NO3/c1-11(8-20(26)25-15-6-7-18(23)19(24)9-15)16-10-17-12(2)14(4)28-22(17)13(3)21(16)27-5/h6-10H,1-5H3,(H,25,26)/b11-8+. The number of rotatable bonds is 4. The van der Waals surface area contributed by atoms with E-state index < -0.39 is 0 Å². The monoisotopic (exact) mass is 417 g/mol. The van der Waals surface area contributed by atoms with Gasteiger partial charge in [0.05, 0.1) is 17.2 Å². The number of fused-ring (bicyclic) bond motifs is 1. The number of halogens is 2. The SMILES string of the molecule is COc1c(/C(C)=C/C(=O)Nc2ccc(Cl)c(Cl)c2)cc2c(C)c(C)oc2c1C. The minimum Gasteiger partial charge on any atom is -0.496 e. The van der Waals surface area contributed by atoms with Gasteiger partial charge in [-0.2, -0.15) is 0 Å². The molecule has 0 spiro atoms. The van der Waals surface area contributed by atoms with Crippen LogP contribution in [0.3, 0.4) is 0 Å². The number of carbonyl (C=O) groups excluding carboxylic acids is 1. The van der Waals surface area contributed by atoms with Crippen molar-refractivity contribution in [3.63, 3.8) is 0 Å². The summed E-state index contributed by atoms with van der Waals surface area (Å²) >= 11 is 11.9. The first-order valence-electron chi connectivity index (χ1n) is 8.75. The van der Waals surface area contributed by atoms with Gasteiger partial charge in [0.1, 0.15) is 17.1 Å². The van der Waals surface area contributed by atoms with Crippen LogP contribution in [0.25, 0.3) is 16.5 Å². The summed E-state index contributed by atoms with van der Waals surface area (Å²) in [4.78, 5) is 12.5. The van der Waals surface area contributed by atoms with Crippen LogP contribution in [0, 0.1) is 20.8 Å². The molecule has 6 heteroatoms. The molecule has 0 bridgehead atoms. The average molecular weight is 418 g/mol. The molecule has 3 aromatic rings. The Kier molecular flexibility index (Phi) is 5.73. The molecule has 4 nitrogen and oxygen atoms in total. The maximum absolute atomic E-state index is 12.5. The summed E-state index contributed by atoms with van der Waals surface area (Å²) in [6.45, 7) is 7.79. The van der Waals surface area contributed by atoms with Crippen molar-refractivity contribution in [3.8, 4) is 5.75 Å². The number of benzene rings is 2. The molecule has 1 amide bonds. The topological polar surface area (TPSA) is 51.5 Å². The molecule has 146 valence electrons. The first-order chi connectivity index (χ1) is 13.2. The Morgan fingerprint density at radius 1 is 1.11 bits per heavy atom. The third kappa shape index (κ3) is 3.75. The van der Waals surface area contributed by atoms with Crippen molar-refractivity contribution >= 4 is 51.3 Å². The minimum atomic E-state index is -0.268. The summed E-state index contributed by atoms with van der Waals surface area (Å²) in [6.07, 6.45) is 1.54. The van der Waals surface area contributed by atoms with Crippen LogP contribution in [0.2, 0.25) is 10.0 Å². The number of amides is 1. The van der Waals surface area contributed by atoms with Gasteiger partial charge in [-0.25, -0.2) is 0 Å². The van der Waals surface area contributed by atoms with Gasteiger partial charge in [-0.3, -0.25) is 4.79 Å². The number of carbonyl (C=O) groups is 1. The summed E-state index contributed by atoms with van der Waals surface area (Å²) < 4.78 is 11.5. The molecular weight excluding hydrogens is 397 g/mol. The zero-order chi connectivity index (χ0) is 20.6. The van der Waals surface area contributed by atoms with E-state index in [1.165, 1.54) is 6.08 Å². The fraction of sp³-hybridized carbons (Fsp3) is 0.227. The molecule has 0 saturated carbocycles. The summed E-state index contributed by atoms with van der Waals surface area (Å²) in [5.41, 5.74) is 4.99. The van der Waals surface area contributed by atoms with E-state index in [2.05, 4.69) is 5.32 Å². The molecule has 0 radical (unpaired) electrons. The lowest BCUT2D eigenvalue weighted by atomic mass is 9.98. The van der Waals surface area contributed by atoms with Crippen LogP contribution < -0.4 is 10.1 Å². The Hall–Kier alpha value is -2.43. The highest BCUT2D eigenvalue weighted by molar-refractivity contribution is 6.42. The van der Waals surface area contributed by atoms with Crippen LogP contribution in [-0.4, -0.2) is 13.0 Å². The van der Waals surface area contributed by atoms with Crippen molar-refractivity contribution in [2.24, 2.45) is 0 Å². The molecule has 3 rings (SSSR count). The predicted octanol–water partition coefficient (Wildman–Crippen LogP) is 6.72. The molecule has 0 unspecified atom stereocenters. The van der Waals surface area contributed by atoms with Crippen LogP contribution >= 0.6 is 23.2 Å². The van der Waals surface area contributed by atoms with Gasteiger partial charge in [0, 0.05) is 28.3 Å². The van der Waals surface area contributed by atoms with Crippen molar-refractivity contribution in [3.05, 3.63) is 62.8 Å². The first kappa shape index (κ1) is 20.3. The van der Waals surface area contributed by atoms with Crippen LogP contribution in [0.4, 0.5) is 5.69 Å². The van der Waals surface area contributed by atoms with Gasteiger partial charge < -0.3 is 14.5 Å². The van der Waals surface area contributed by atoms with Crippen molar-refractivity contribution in [1.82, 2.24) is 0 Å². The molecule has 1 N–H and O–H groups in total. The van der Waals surface area contributed by atoms with Gasteiger partial charge in [-0.05, 0) is 63.1 Å². The molecule has 0 fully saturated rings. The van der Waals surface area contributed by atoms with E-state index in [0.29, 0.717) is 21.5 Å². The number of allylic oxidation sites excluding steroid dienone is 1. The lowest BCUT2D eigenvalue weighted by Crippen LogP contribution is -2.08. The zero-order valence-electron chi connectivity index (χ0n) is 16.4. The average Bonchev–Trinajstić information content (AvgIpc) is 2.93. The fourth-order valence-corrected chi connectivity index (χ4v) is 3.49. The Morgan fingerprint density at radius 2 is 1.82 bits per heavy atom. The maximum atomic E-state index is 12.5. The lowest BCUT2D eigenvalue weighted by molar-refractivity contribution is -0.111. The van der Waals surface area contributed by atoms with E-state index in [1.807, 2.05) is 33.8 Å². The van der Waals surface area contributed by atoms with Gasteiger partial charge in [0.15, 0.2) is 0 Å². The van der Waals surface area contributed by atoms with E-state index in [0.717, 1.165) is 39.0 Å². The number of hydrogen-bond donors (Lipinski definition) is 1. The normalized spacial score (nSPS) is 11.8. The number of ether oxygens (including phenoxy) is 1. The molecule has 28 heavy (non-hydrogen) atoms. The van der Waals surface area contributed by atoms with Crippen LogP contribution in [0.5, 0.6) is 5.75 Å². The quantitative estimate of drug-likeness (QED) is 0.479. The second-order valence-electron chi connectivity index (χ2n) is 6.69. The first-order valence-corrected chi connectivity index (χ1v) is 9.50. The number of furan rings is 1. The van der Waals surface area contributed by atoms with Gasteiger partial charge >= 0.3 is 0 Å². The van der Waals surface area contributed by atoms with Gasteiger partial charge in [-0.15, -0.1) is 0 Å². The van der Waals surface area contributed by atoms with E-state index in [1.54, 1.807) is 25.3 Å². The maximum Gasteiger partial charge on any atom is 0.248 e. The van der Waals surface area contributed by atoms with Crippen LogP contribution in [0.15, 0.2) is 34.8 Å². The van der Waals surface area contributed by atoms with Crippen molar-refractivity contribution in [2.75, 3.05) is 12.4 Å². The van der Waals surface area contributed by atoms with Crippen LogP contribution in [0.1, 0.15) is 29.4 Å². The molecule has 1 heterocycles. The van der Waals surface area contributed by atoms with Crippen LogP contribution in [-0.2, 0) is 4.79 Å². The fourth-order valence-electron chi connectivity index (χ4n) is 3.19. The van der Waals surface area contributed by atoms with Gasteiger partial charge in [-0.1, -0.05) is 23.2 Å². The molecule has 2 aromatic carbocycles. The largest absolute Gasteiger partial charge is 0.496 e. The van der Waals surface area contributed by atoms with Gasteiger partial charge in [0.25, 0.3) is 0 Å². The molecule has 0 aliphatic heterocycles. The summed E-state index contributed by atoms with van der Waals surface area (Å²) in [5.74, 6) is 1.30. The number of anilines is 1. The molecule has 0 aliphatic rings. The number of hydrogen-bond acceptors (Lipinski definition) is 3. The highest BCUT2D eigenvalue weighted by atomic mass is 35.5. The molecule has 0 aliphatic carbocycles. The Balaban J connectivity index is 1.99. The zero-order valence-corrected chi connectivity index (χ0v) is 17.9. The Bertz CT molecular complexity index is 1110. The molecule has 0 atom stereocenters. The summed E-state index contributed by atoms with van der Waals surface area (Å²) in [7, 11) is 1.61. The highest BCUT2D eigenvalue weighted by Crippen LogP contribution is 2.38. The van der Waals surface area contributed by atoms with Gasteiger partial charge in [0.2, 0.25) is 5.91 Å². The van der Waals surface area contributed by atoms with Crippen molar-refractivity contribution in [2.45, 2.75) is 27.7 Å². The van der Waals surface area contributed by atoms with E-state index in [4.69, 9.17) is 32.4 Å². The number of aryl methyl sites for hydroxylation is 3. The molecular formula is C22H21Cl2NO3. The second-order valence-corrected chi connectivity index (χ2v) is 7.50. The third-order valence-electron chi connectivity index (χ3n) is 4.81.